The quantitative estimate of drug-likeness (QED) is 0.580. The standard InChI is InChI=1S/C11H13N3O2/c1-2-3-7-16-11(15)9-8-10-12-5-4-6-14(10)13-9/h4-6,8H,2-3,7H2,1H3. The lowest BCUT2D eigenvalue weighted by Crippen LogP contribution is -2.07. The lowest BCUT2D eigenvalue weighted by molar-refractivity contribution is 0.0492. The van der Waals surface area contributed by atoms with Gasteiger partial charge in [-0.3, -0.25) is 0 Å². The van der Waals surface area contributed by atoms with Crippen LogP contribution in [0.3, 0.4) is 0 Å². The van der Waals surface area contributed by atoms with Gasteiger partial charge in [0.15, 0.2) is 11.3 Å². The summed E-state index contributed by atoms with van der Waals surface area (Å²) in [5, 5.41) is 4.07. The smallest absolute Gasteiger partial charge is 0.358 e. The second kappa shape index (κ2) is 4.74. The summed E-state index contributed by atoms with van der Waals surface area (Å²) < 4.78 is 6.61. The van der Waals surface area contributed by atoms with Crippen LogP contribution in [0.5, 0.6) is 0 Å². The van der Waals surface area contributed by atoms with Crippen LogP contribution in [-0.2, 0) is 4.74 Å². The molecule has 0 spiro atoms. The minimum atomic E-state index is -0.390. The summed E-state index contributed by atoms with van der Waals surface area (Å²) in [5.74, 6) is -0.390. The van der Waals surface area contributed by atoms with E-state index in [0.29, 0.717) is 17.9 Å². The molecule has 0 radical (unpaired) electrons. The zero-order chi connectivity index (χ0) is 11.4. The highest BCUT2D eigenvalue weighted by atomic mass is 16.5. The maximum absolute atomic E-state index is 11.6. The Labute approximate surface area is 93.1 Å². The number of carbonyl (C=O) groups excluding carboxylic acids is 1. The van der Waals surface area contributed by atoms with Gasteiger partial charge in [-0.15, -0.1) is 0 Å². The molecular weight excluding hydrogens is 206 g/mol. The molecule has 0 amide bonds. The third-order valence-electron chi connectivity index (χ3n) is 2.18. The zero-order valence-corrected chi connectivity index (χ0v) is 9.09. The molecule has 2 aromatic heterocycles. The molecule has 5 nitrogen and oxygen atoms in total. The van der Waals surface area contributed by atoms with Crippen molar-refractivity contribution < 1.29 is 9.53 Å². The average molecular weight is 219 g/mol. The number of unbranched alkanes of at least 4 members (excludes halogenated alkanes) is 1. The molecule has 0 unspecified atom stereocenters. The second-order valence-corrected chi connectivity index (χ2v) is 3.44. The third kappa shape index (κ3) is 2.18. The minimum Gasteiger partial charge on any atom is -0.461 e. The summed E-state index contributed by atoms with van der Waals surface area (Å²) in [6.45, 7) is 2.49. The number of fused-ring (bicyclic) bond motifs is 1. The highest BCUT2D eigenvalue weighted by Gasteiger charge is 2.11. The first-order chi connectivity index (χ1) is 7.81. The van der Waals surface area contributed by atoms with Crippen molar-refractivity contribution in [2.24, 2.45) is 0 Å². The van der Waals surface area contributed by atoms with E-state index in [2.05, 4.69) is 10.1 Å². The van der Waals surface area contributed by atoms with Crippen LogP contribution in [-0.4, -0.2) is 27.2 Å². The van der Waals surface area contributed by atoms with Crippen molar-refractivity contribution in [3.05, 3.63) is 30.2 Å². The van der Waals surface area contributed by atoms with Crippen LogP contribution in [0.1, 0.15) is 30.3 Å². The average Bonchev–Trinajstić information content (AvgIpc) is 2.73. The maximum atomic E-state index is 11.6. The molecule has 0 N–H and O–H groups in total. The number of carbonyl (C=O) groups is 1. The monoisotopic (exact) mass is 219 g/mol. The van der Waals surface area contributed by atoms with E-state index >= 15 is 0 Å². The fourth-order valence-corrected chi connectivity index (χ4v) is 1.31. The van der Waals surface area contributed by atoms with Gasteiger partial charge in [-0.2, -0.15) is 5.10 Å². The van der Waals surface area contributed by atoms with Gasteiger partial charge in [-0.1, -0.05) is 13.3 Å². The van der Waals surface area contributed by atoms with Gasteiger partial charge in [0.05, 0.1) is 6.61 Å². The Morgan fingerprint density at radius 3 is 3.19 bits per heavy atom. The fraction of sp³-hybridized carbons (Fsp3) is 0.364. The SMILES string of the molecule is CCCCOC(=O)c1cc2ncccn2n1. The van der Waals surface area contributed by atoms with E-state index < -0.39 is 0 Å². The molecule has 0 aliphatic heterocycles. The molecule has 0 atom stereocenters. The van der Waals surface area contributed by atoms with E-state index in [9.17, 15) is 4.79 Å². The Kier molecular flexibility index (Phi) is 3.14. The van der Waals surface area contributed by atoms with Gasteiger partial charge in [0.2, 0.25) is 0 Å². The Morgan fingerprint density at radius 2 is 2.44 bits per heavy atom. The van der Waals surface area contributed by atoms with Crippen molar-refractivity contribution in [1.82, 2.24) is 14.6 Å². The highest BCUT2D eigenvalue weighted by molar-refractivity contribution is 5.88. The number of aromatic nitrogens is 3. The normalized spacial score (nSPS) is 10.6. The molecule has 0 aromatic carbocycles. The molecule has 0 bridgehead atoms. The number of nitrogens with zero attached hydrogens (tertiary/aromatic N) is 3. The van der Waals surface area contributed by atoms with E-state index in [4.69, 9.17) is 4.74 Å². The molecule has 0 saturated heterocycles. The van der Waals surface area contributed by atoms with E-state index in [1.165, 1.54) is 0 Å². The predicted molar refractivity (Wildman–Crippen MR) is 58.2 cm³/mol. The van der Waals surface area contributed by atoms with Crippen LogP contribution in [0, 0.1) is 0 Å². The first kappa shape index (κ1) is 10.6. The largest absolute Gasteiger partial charge is 0.461 e. The van der Waals surface area contributed by atoms with Crippen molar-refractivity contribution in [2.75, 3.05) is 6.61 Å². The van der Waals surface area contributed by atoms with E-state index in [1.54, 1.807) is 29.0 Å². The first-order valence-electron chi connectivity index (χ1n) is 5.29. The summed E-state index contributed by atoms with van der Waals surface area (Å²) in [4.78, 5) is 15.6. The van der Waals surface area contributed by atoms with Crippen LogP contribution in [0.15, 0.2) is 24.5 Å². The second-order valence-electron chi connectivity index (χ2n) is 3.44. The molecule has 5 heteroatoms. The Morgan fingerprint density at radius 1 is 1.56 bits per heavy atom. The van der Waals surface area contributed by atoms with E-state index in [1.807, 2.05) is 6.92 Å². The van der Waals surface area contributed by atoms with Crippen LogP contribution in [0.25, 0.3) is 5.65 Å². The van der Waals surface area contributed by atoms with Crippen molar-refractivity contribution in [3.8, 4) is 0 Å². The molecule has 0 aliphatic carbocycles. The lowest BCUT2D eigenvalue weighted by Gasteiger charge is -1.99. The molecule has 2 rings (SSSR count). The number of esters is 1. The molecule has 16 heavy (non-hydrogen) atoms. The van der Waals surface area contributed by atoms with Crippen LogP contribution >= 0.6 is 0 Å². The Bertz CT molecular complexity index is 460. The van der Waals surface area contributed by atoms with Gasteiger partial charge in [0.1, 0.15) is 0 Å². The van der Waals surface area contributed by atoms with Crippen molar-refractivity contribution >= 4 is 11.6 Å². The predicted octanol–water partition coefficient (Wildman–Crippen LogP) is 1.69. The van der Waals surface area contributed by atoms with E-state index in [-0.39, 0.29) is 5.97 Å². The number of hydrogen-bond donors (Lipinski definition) is 0. The van der Waals surface area contributed by atoms with Gasteiger partial charge in [0.25, 0.3) is 0 Å². The summed E-state index contributed by atoms with van der Waals surface area (Å²) >= 11 is 0. The summed E-state index contributed by atoms with van der Waals surface area (Å²) in [6, 6.07) is 3.38. The number of rotatable bonds is 4. The topological polar surface area (TPSA) is 56.5 Å². The first-order valence-corrected chi connectivity index (χ1v) is 5.29. The molecular formula is C11H13N3O2. The summed E-state index contributed by atoms with van der Waals surface area (Å²) in [5.41, 5.74) is 0.944. The molecule has 0 saturated carbocycles. The minimum absolute atomic E-state index is 0.301. The van der Waals surface area contributed by atoms with Crippen LogP contribution in [0.2, 0.25) is 0 Å². The number of ether oxygens (including phenoxy) is 1. The van der Waals surface area contributed by atoms with Crippen molar-refractivity contribution in [2.45, 2.75) is 19.8 Å². The maximum Gasteiger partial charge on any atom is 0.358 e. The molecule has 2 aromatic rings. The lowest BCUT2D eigenvalue weighted by atomic mass is 10.3. The van der Waals surface area contributed by atoms with Gasteiger partial charge >= 0.3 is 5.97 Å². The molecule has 0 aliphatic rings. The zero-order valence-electron chi connectivity index (χ0n) is 9.09. The molecule has 84 valence electrons. The van der Waals surface area contributed by atoms with E-state index in [0.717, 1.165) is 12.8 Å². The fourth-order valence-electron chi connectivity index (χ4n) is 1.31. The number of hydrogen-bond acceptors (Lipinski definition) is 4. The summed E-state index contributed by atoms with van der Waals surface area (Å²) in [7, 11) is 0. The van der Waals surface area contributed by atoms with Crippen molar-refractivity contribution in [1.29, 1.82) is 0 Å². The Balaban J connectivity index is 2.11. The Hall–Kier alpha value is -1.91. The van der Waals surface area contributed by atoms with Gasteiger partial charge in [-0.05, 0) is 12.5 Å². The van der Waals surface area contributed by atoms with Gasteiger partial charge in [0, 0.05) is 18.5 Å². The van der Waals surface area contributed by atoms with Crippen molar-refractivity contribution in [3.63, 3.8) is 0 Å². The van der Waals surface area contributed by atoms with Crippen LogP contribution < -0.4 is 0 Å². The molecule has 2 heterocycles. The van der Waals surface area contributed by atoms with Gasteiger partial charge in [-0.25, -0.2) is 14.3 Å². The third-order valence-corrected chi connectivity index (χ3v) is 2.18. The summed E-state index contributed by atoms with van der Waals surface area (Å²) in [6.07, 6.45) is 5.27. The van der Waals surface area contributed by atoms with Gasteiger partial charge < -0.3 is 4.74 Å². The molecule has 0 fully saturated rings. The van der Waals surface area contributed by atoms with Crippen LogP contribution in [0.4, 0.5) is 0 Å². The highest BCUT2D eigenvalue weighted by Crippen LogP contribution is 2.04.